The molecule has 1 aliphatic heterocycles. The van der Waals surface area contributed by atoms with Crippen molar-refractivity contribution in [2.45, 2.75) is 43.9 Å². The van der Waals surface area contributed by atoms with Crippen molar-refractivity contribution in [3.63, 3.8) is 0 Å². The molecule has 4 atom stereocenters. The number of piperidine rings is 1. The molecule has 1 aliphatic carbocycles. The van der Waals surface area contributed by atoms with E-state index in [2.05, 4.69) is 10.6 Å². The average molecular weight is 359 g/mol. The van der Waals surface area contributed by atoms with E-state index in [1.54, 1.807) is 17.4 Å². The number of amides is 1. The second-order valence-corrected chi connectivity index (χ2v) is 7.83. The van der Waals surface area contributed by atoms with Crippen LogP contribution >= 0.6 is 11.3 Å². The standard InChI is InChI=1S/C19H22FN3OS/c20-16-8-11(14-5-6-25-10-14)1-2-12(16)9-17(21)23-19(24)18-13-3-4-15(7-13)22-18/h1-2,5-6,8,10,13,15,17-18,22H,3-4,7,9,21H2,(H,23,24)/t13-,15+,17-,18-/m0/s1. The fourth-order valence-electron chi connectivity index (χ4n) is 4.03. The van der Waals surface area contributed by atoms with Gasteiger partial charge in [-0.25, -0.2) is 4.39 Å². The summed E-state index contributed by atoms with van der Waals surface area (Å²) in [5.74, 6) is 0.0697. The highest BCUT2D eigenvalue weighted by molar-refractivity contribution is 7.08. The zero-order valence-corrected chi connectivity index (χ0v) is 14.7. The van der Waals surface area contributed by atoms with Gasteiger partial charge < -0.3 is 16.4 Å². The number of halogens is 1. The van der Waals surface area contributed by atoms with E-state index in [-0.39, 0.29) is 24.2 Å². The Morgan fingerprint density at radius 2 is 2.24 bits per heavy atom. The Hall–Kier alpha value is -1.76. The highest BCUT2D eigenvalue weighted by atomic mass is 32.1. The molecule has 6 heteroatoms. The van der Waals surface area contributed by atoms with E-state index in [4.69, 9.17) is 5.73 Å². The second kappa shape index (κ2) is 6.86. The van der Waals surface area contributed by atoms with Crippen molar-refractivity contribution in [3.05, 3.63) is 46.4 Å². The quantitative estimate of drug-likeness (QED) is 0.719. The third kappa shape index (κ3) is 3.47. The SMILES string of the molecule is N[C@H](Cc1ccc(-c2ccsc2)cc1F)NC(=O)[C@H]1N[C@@H]2CC[C@H]1C2. The number of fused-ring (bicyclic) bond motifs is 2. The van der Waals surface area contributed by atoms with Crippen molar-refractivity contribution in [1.29, 1.82) is 0 Å². The lowest BCUT2D eigenvalue weighted by molar-refractivity contribution is -0.124. The summed E-state index contributed by atoms with van der Waals surface area (Å²) >= 11 is 1.58. The maximum Gasteiger partial charge on any atom is 0.238 e. The van der Waals surface area contributed by atoms with Gasteiger partial charge in [0.25, 0.3) is 0 Å². The van der Waals surface area contributed by atoms with Gasteiger partial charge in [-0.05, 0) is 64.8 Å². The minimum absolute atomic E-state index is 0.0602. The summed E-state index contributed by atoms with van der Waals surface area (Å²) in [6.45, 7) is 0. The van der Waals surface area contributed by atoms with Crippen LogP contribution < -0.4 is 16.4 Å². The van der Waals surface area contributed by atoms with Gasteiger partial charge in [0.1, 0.15) is 5.82 Å². The van der Waals surface area contributed by atoms with Gasteiger partial charge in [-0.3, -0.25) is 4.79 Å². The predicted molar refractivity (Wildman–Crippen MR) is 97.6 cm³/mol. The molecular weight excluding hydrogens is 337 g/mol. The van der Waals surface area contributed by atoms with Crippen LogP contribution in [0.1, 0.15) is 24.8 Å². The number of hydrogen-bond donors (Lipinski definition) is 3. The summed E-state index contributed by atoms with van der Waals surface area (Å²) in [6.07, 6.45) is 3.02. The molecule has 2 bridgehead atoms. The highest BCUT2D eigenvalue weighted by Gasteiger charge is 2.42. The molecule has 4 N–H and O–H groups in total. The third-order valence-corrected chi connectivity index (χ3v) is 6.00. The van der Waals surface area contributed by atoms with Crippen molar-refractivity contribution in [2.24, 2.45) is 11.7 Å². The molecule has 132 valence electrons. The van der Waals surface area contributed by atoms with Gasteiger partial charge in [0, 0.05) is 12.5 Å². The fourth-order valence-corrected chi connectivity index (χ4v) is 4.70. The van der Waals surface area contributed by atoms with Gasteiger partial charge in [-0.1, -0.05) is 12.1 Å². The molecular formula is C19H22FN3OS. The molecule has 2 aliphatic rings. The highest BCUT2D eigenvalue weighted by Crippen LogP contribution is 2.35. The van der Waals surface area contributed by atoms with Crippen molar-refractivity contribution in [3.8, 4) is 11.1 Å². The number of thiophene rings is 1. The van der Waals surface area contributed by atoms with Crippen LogP contribution in [-0.4, -0.2) is 24.2 Å². The first-order valence-corrected chi connectivity index (χ1v) is 9.67. The number of nitrogens with two attached hydrogens (primary N) is 1. The summed E-state index contributed by atoms with van der Waals surface area (Å²) < 4.78 is 14.4. The van der Waals surface area contributed by atoms with E-state index >= 15 is 0 Å². The van der Waals surface area contributed by atoms with Crippen molar-refractivity contribution in [2.75, 3.05) is 0 Å². The maximum absolute atomic E-state index is 14.4. The fraction of sp³-hybridized carbons (Fsp3) is 0.421. The third-order valence-electron chi connectivity index (χ3n) is 5.32. The summed E-state index contributed by atoms with van der Waals surface area (Å²) in [6, 6.07) is 7.47. The molecule has 0 radical (unpaired) electrons. The van der Waals surface area contributed by atoms with Crippen LogP contribution in [0.4, 0.5) is 4.39 Å². The lowest BCUT2D eigenvalue weighted by Crippen LogP contribution is -2.53. The maximum atomic E-state index is 14.4. The van der Waals surface area contributed by atoms with Crippen LogP contribution in [0.15, 0.2) is 35.0 Å². The van der Waals surface area contributed by atoms with E-state index in [0.29, 0.717) is 17.5 Å². The van der Waals surface area contributed by atoms with E-state index < -0.39 is 6.17 Å². The first-order valence-electron chi connectivity index (χ1n) is 8.73. The number of carbonyl (C=O) groups excluding carboxylic acids is 1. The van der Waals surface area contributed by atoms with E-state index in [1.807, 2.05) is 22.9 Å². The molecule has 2 fully saturated rings. The second-order valence-electron chi connectivity index (χ2n) is 7.05. The smallest absolute Gasteiger partial charge is 0.238 e. The Kier molecular flexibility index (Phi) is 4.58. The van der Waals surface area contributed by atoms with Crippen molar-refractivity contribution in [1.82, 2.24) is 10.6 Å². The average Bonchev–Trinajstić information content (AvgIpc) is 3.34. The number of hydrogen-bond acceptors (Lipinski definition) is 4. The largest absolute Gasteiger partial charge is 0.339 e. The number of rotatable bonds is 5. The molecule has 0 spiro atoms. The molecule has 4 rings (SSSR count). The summed E-state index contributed by atoms with van der Waals surface area (Å²) in [5, 5.41) is 10.1. The molecule has 2 aromatic rings. The van der Waals surface area contributed by atoms with E-state index in [9.17, 15) is 9.18 Å². The summed E-state index contributed by atoms with van der Waals surface area (Å²) in [4.78, 5) is 12.4. The lowest BCUT2D eigenvalue weighted by Gasteiger charge is -2.24. The van der Waals surface area contributed by atoms with Gasteiger partial charge in [0.2, 0.25) is 5.91 Å². The predicted octanol–water partition coefficient (Wildman–Crippen LogP) is 2.64. The molecule has 1 saturated heterocycles. The van der Waals surface area contributed by atoms with Crippen LogP contribution in [-0.2, 0) is 11.2 Å². The number of carbonyl (C=O) groups is 1. The molecule has 2 heterocycles. The Morgan fingerprint density at radius 1 is 1.36 bits per heavy atom. The molecule has 1 aromatic carbocycles. The Morgan fingerprint density at radius 3 is 2.88 bits per heavy atom. The summed E-state index contributed by atoms with van der Waals surface area (Å²) in [5.41, 5.74) is 8.43. The molecule has 1 saturated carbocycles. The summed E-state index contributed by atoms with van der Waals surface area (Å²) in [7, 11) is 0. The minimum Gasteiger partial charge on any atom is -0.339 e. The molecule has 25 heavy (non-hydrogen) atoms. The molecule has 1 aromatic heterocycles. The number of benzene rings is 1. The first kappa shape index (κ1) is 16.7. The van der Waals surface area contributed by atoms with Crippen molar-refractivity contribution >= 4 is 17.2 Å². The number of nitrogens with one attached hydrogen (secondary N) is 2. The van der Waals surface area contributed by atoms with Crippen LogP contribution in [0, 0.1) is 11.7 Å². The van der Waals surface area contributed by atoms with Crippen molar-refractivity contribution < 1.29 is 9.18 Å². The normalized spacial score (nSPS) is 25.9. The Labute approximate surface area is 150 Å². The van der Waals surface area contributed by atoms with Crippen LogP contribution in [0.25, 0.3) is 11.1 Å². The van der Waals surface area contributed by atoms with Gasteiger partial charge in [-0.15, -0.1) is 0 Å². The molecule has 4 nitrogen and oxygen atoms in total. The van der Waals surface area contributed by atoms with Crippen LogP contribution in [0.5, 0.6) is 0 Å². The van der Waals surface area contributed by atoms with Gasteiger partial charge >= 0.3 is 0 Å². The van der Waals surface area contributed by atoms with Crippen LogP contribution in [0.3, 0.4) is 0 Å². The zero-order valence-electron chi connectivity index (χ0n) is 13.9. The van der Waals surface area contributed by atoms with E-state index in [1.165, 1.54) is 6.07 Å². The Bertz CT molecular complexity index is 764. The molecule has 0 unspecified atom stereocenters. The topological polar surface area (TPSA) is 67.1 Å². The lowest BCUT2D eigenvalue weighted by atomic mass is 9.99. The van der Waals surface area contributed by atoms with E-state index in [0.717, 1.165) is 30.4 Å². The minimum atomic E-state index is -0.588. The van der Waals surface area contributed by atoms with Gasteiger partial charge in [-0.2, -0.15) is 11.3 Å². The van der Waals surface area contributed by atoms with Crippen LogP contribution in [0.2, 0.25) is 0 Å². The van der Waals surface area contributed by atoms with Gasteiger partial charge in [0.05, 0.1) is 12.2 Å². The first-order chi connectivity index (χ1) is 12.1. The Balaban J connectivity index is 1.37. The monoisotopic (exact) mass is 359 g/mol. The van der Waals surface area contributed by atoms with Gasteiger partial charge in [0.15, 0.2) is 0 Å². The molecule has 1 amide bonds. The zero-order chi connectivity index (χ0) is 17.4.